The molecule has 1 atom stereocenters. The Morgan fingerprint density at radius 1 is 0.976 bits per heavy atom. The van der Waals surface area contributed by atoms with E-state index in [1.807, 2.05) is 0 Å². The molecule has 0 spiro atoms. The van der Waals surface area contributed by atoms with Gasteiger partial charge in [-0.2, -0.15) is 0 Å². The predicted molar refractivity (Wildman–Crippen MR) is 158 cm³/mol. The number of ether oxygens (including phenoxy) is 2. The van der Waals surface area contributed by atoms with Crippen LogP contribution in [0.15, 0.2) is 54.7 Å². The maximum absolute atomic E-state index is 14.9. The highest BCUT2D eigenvalue weighted by Gasteiger charge is 2.20. The minimum Gasteiger partial charge on any atom is -0.481 e. The van der Waals surface area contributed by atoms with Crippen LogP contribution in [0.4, 0.5) is 4.39 Å². The first kappa shape index (κ1) is 31.7. The van der Waals surface area contributed by atoms with Crippen molar-refractivity contribution in [3.63, 3.8) is 0 Å². The molecule has 41 heavy (non-hydrogen) atoms. The molecule has 3 aromatic rings. The van der Waals surface area contributed by atoms with E-state index in [4.69, 9.17) is 9.47 Å². The molecule has 1 fully saturated rings. The number of carbonyl (C=O) groups excluding carboxylic acids is 1. The molecule has 2 aromatic carbocycles. The fourth-order valence-electron chi connectivity index (χ4n) is 4.35. The monoisotopic (exact) mass is 564 g/mol. The Bertz CT molecular complexity index is 1330. The van der Waals surface area contributed by atoms with Gasteiger partial charge in [0.1, 0.15) is 11.6 Å². The summed E-state index contributed by atoms with van der Waals surface area (Å²) >= 11 is 0. The van der Waals surface area contributed by atoms with E-state index in [2.05, 4.69) is 37.6 Å². The minimum absolute atomic E-state index is 0.224. The first-order valence-electron chi connectivity index (χ1n) is 14.1. The summed E-state index contributed by atoms with van der Waals surface area (Å²) in [5.41, 5.74) is 2.84. The highest BCUT2D eigenvalue weighted by molar-refractivity contribution is 5.91. The number of pyridine rings is 1. The average molecular weight is 565 g/mol. The molecule has 1 N–H and O–H groups in total. The highest BCUT2D eigenvalue weighted by atomic mass is 19.1. The van der Waals surface area contributed by atoms with Crippen LogP contribution in [0.25, 0.3) is 11.1 Å². The zero-order valence-corrected chi connectivity index (χ0v) is 24.8. The summed E-state index contributed by atoms with van der Waals surface area (Å²) < 4.78 is 25.8. The number of hydrogen-bond acceptors (Lipinski definition) is 6. The quantitative estimate of drug-likeness (QED) is 0.195. The number of aromatic nitrogens is 1. The number of carbonyl (C=O) groups is 2. The SMILES string of the molecule is C1CC1.COc1cc(-c2ccc(OC(=O)c3cccc(CC(C)C(=O)O)c3)cc2CN(C(C)C)C(C)C)c(F)cn1. The third kappa shape index (κ3) is 9.39. The molecule has 1 saturated carbocycles. The van der Waals surface area contributed by atoms with Gasteiger partial charge in [0.15, 0.2) is 0 Å². The number of aliphatic carboxylic acids is 1. The van der Waals surface area contributed by atoms with Crippen molar-refractivity contribution in [3.05, 3.63) is 77.2 Å². The third-order valence-electron chi connectivity index (χ3n) is 6.78. The molecule has 8 heteroatoms. The van der Waals surface area contributed by atoms with Crippen LogP contribution in [0.5, 0.6) is 11.6 Å². The van der Waals surface area contributed by atoms with E-state index in [1.165, 1.54) is 26.4 Å². The number of hydrogen-bond donors (Lipinski definition) is 1. The van der Waals surface area contributed by atoms with Crippen LogP contribution in [0.3, 0.4) is 0 Å². The molecule has 1 aromatic heterocycles. The van der Waals surface area contributed by atoms with Crippen molar-refractivity contribution in [1.82, 2.24) is 9.88 Å². The molecular formula is C33H41FN2O5. The Kier molecular flexibility index (Phi) is 11.4. The summed E-state index contributed by atoms with van der Waals surface area (Å²) in [6.07, 6.45) is 5.93. The van der Waals surface area contributed by atoms with Crippen molar-refractivity contribution in [1.29, 1.82) is 0 Å². The molecule has 0 amide bonds. The van der Waals surface area contributed by atoms with E-state index in [9.17, 15) is 19.1 Å². The molecule has 0 saturated heterocycles. The smallest absolute Gasteiger partial charge is 0.343 e. The molecule has 0 aliphatic heterocycles. The minimum atomic E-state index is -0.898. The van der Waals surface area contributed by atoms with Gasteiger partial charge < -0.3 is 14.6 Å². The number of esters is 1. The molecule has 0 radical (unpaired) electrons. The van der Waals surface area contributed by atoms with Crippen molar-refractivity contribution < 1.29 is 28.6 Å². The molecule has 0 bridgehead atoms. The van der Waals surface area contributed by atoms with Crippen LogP contribution in [0, 0.1) is 11.7 Å². The second-order valence-corrected chi connectivity index (χ2v) is 11.0. The van der Waals surface area contributed by atoms with E-state index in [1.54, 1.807) is 55.5 Å². The number of carboxylic acid groups (broad SMARTS) is 1. The lowest BCUT2D eigenvalue weighted by Crippen LogP contribution is -2.36. The Balaban J connectivity index is 0.00000144. The van der Waals surface area contributed by atoms with Gasteiger partial charge in [0.25, 0.3) is 0 Å². The standard InChI is InChI=1S/C30H35FN2O5.C3H6/c1-18(2)33(19(3)4)17-23-14-24(10-11-25(23)26-15-28(37-6)32-16-27(26)31)38-30(36)22-9-7-8-21(13-22)12-20(5)29(34)35;1-2-3-1/h7-11,13-16,18-20H,12,17H2,1-6H3,(H,34,35);1-3H2. The molecule has 220 valence electrons. The van der Waals surface area contributed by atoms with Gasteiger partial charge in [0, 0.05) is 30.3 Å². The van der Waals surface area contributed by atoms with E-state index < -0.39 is 23.7 Å². The first-order valence-corrected chi connectivity index (χ1v) is 14.1. The normalized spacial score (nSPS) is 13.0. The highest BCUT2D eigenvalue weighted by Crippen LogP contribution is 2.33. The topological polar surface area (TPSA) is 89.0 Å². The van der Waals surface area contributed by atoms with E-state index in [0.29, 0.717) is 41.3 Å². The Morgan fingerprint density at radius 2 is 1.66 bits per heavy atom. The zero-order valence-electron chi connectivity index (χ0n) is 24.8. The van der Waals surface area contributed by atoms with Crippen molar-refractivity contribution in [3.8, 4) is 22.8 Å². The van der Waals surface area contributed by atoms with Gasteiger partial charge >= 0.3 is 11.9 Å². The summed E-state index contributed by atoms with van der Waals surface area (Å²) in [6.45, 7) is 10.5. The zero-order chi connectivity index (χ0) is 30.1. The maximum Gasteiger partial charge on any atom is 0.343 e. The molecule has 1 aliphatic rings. The van der Waals surface area contributed by atoms with Crippen LogP contribution in [-0.2, 0) is 17.8 Å². The van der Waals surface area contributed by atoms with Crippen LogP contribution in [0.2, 0.25) is 0 Å². The lowest BCUT2D eigenvalue weighted by molar-refractivity contribution is -0.141. The van der Waals surface area contributed by atoms with Crippen molar-refractivity contribution >= 4 is 11.9 Å². The van der Waals surface area contributed by atoms with Crippen molar-refractivity contribution in [2.24, 2.45) is 5.92 Å². The van der Waals surface area contributed by atoms with Crippen LogP contribution in [-0.4, -0.2) is 46.1 Å². The summed E-state index contributed by atoms with van der Waals surface area (Å²) in [5, 5.41) is 9.20. The van der Waals surface area contributed by atoms with Gasteiger partial charge in [-0.3, -0.25) is 9.69 Å². The van der Waals surface area contributed by atoms with Gasteiger partial charge in [-0.15, -0.1) is 0 Å². The largest absolute Gasteiger partial charge is 0.481 e. The van der Waals surface area contributed by atoms with Crippen LogP contribution < -0.4 is 9.47 Å². The number of carboxylic acids is 1. The number of rotatable bonds is 11. The second-order valence-electron chi connectivity index (χ2n) is 11.0. The van der Waals surface area contributed by atoms with Gasteiger partial charge in [-0.1, -0.05) is 44.4 Å². The van der Waals surface area contributed by atoms with E-state index in [-0.39, 0.29) is 12.1 Å². The maximum atomic E-state index is 14.9. The number of benzene rings is 2. The lowest BCUT2D eigenvalue weighted by Gasteiger charge is -2.31. The molecular weight excluding hydrogens is 523 g/mol. The summed E-state index contributed by atoms with van der Waals surface area (Å²) in [4.78, 5) is 30.4. The second kappa shape index (κ2) is 14.7. The molecule has 1 aliphatic carbocycles. The van der Waals surface area contributed by atoms with Crippen LogP contribution >= 0.6 is 0 Å². The number of methoxy groups -OCH3 is 1. The van der Waals surface area contributed by atoms with Crippen LogP contribution in [0.1, 0.15) is 75.4 Å². The number of nitrogens with zero attached hydrogens (tertiary/aromatic N) is 2. The van der Waals surface area contributed by atoms with Crippen molar-refractivity contribution in [2.45, 2.75) is 78.9 Å². The Hall–Kier alpha value is -3.78. The lowest BCUT2D eigenvalue weighted by atomic mass is 9.98. The first-order chi connectivity index (χ1) is 19.5. The van der Waals surface area contributed by atoms with Gasteiger partial charge in [0.05, 0.1) is 24.8 Å². The van der Waals surface area contributed by atoms with Crippen molar-refractivity contribution in [2.75, 3.05) is 7.11 Å². The summed E-state index contributed by atoms with van der Waals surface area (Å²) in [6, 6.07) is 13.9. The molecule has 7 nitrogen and oxygen atoms in total. The predicted octanol–water partition coefficient (Wildman–Crippen LogP) is 7.17. The van der Waals surface area contributed by atoms with E-state index >= 15 is 0 Å². The fraction of sp³-hybridized carbons (Fsp3) is 0.424. The number of halogens is 1. The van der Waals surface area contributed by atoms with E-state index in [0.717, 1.165) is 17.3 Å². The van der Waals surface area contributed by atoms with Gasteiger partial charge in [0.2, 0.25) is 5.88 Å². The Labute approximate surface area is 242 Å². The van der Waals surface area contributed by atoms with Gasteiger partial charge in [-0.25, -0.2) is 14.2 Å². The molecule has 1 unspecified atom stereocenters. The third-order valence-corrected chi connectivity index (χ3v) is 6.78. The molecule has 4 rings (SSSR count). The molecule has 1 heterocycles. The summed E-state index contributed by atoms with van der Waals surface area (Å²) in [5.74, 6) is -1.89. The van der Waals surface area contributed by atoms with Gasteiger partial charge in [-0.05, 0) is 75.1 Å². The fourth-order valence-corrected chi connectivity index (χ4v) is 4.35. The average Bonchev–Trinajstić information content (AvgIpc) is 3.82. The Morgan fingerprint density at radius 3 is 2.24 bits per heavy atom. The summed E-state index contributed by atoms with van der Waals surface area (Å²) in [7, 11) is 1.48.